The fourth-order valence-corrected chi connectivity index (χ4v) is 12.5. The minimum absolute atomic E-state index is 0. The van der Waals surface area contributed by atoms with Crippen LogP contribution < -0.4 is 11.1 Å². The van der Waals surface area contributed by atoms with Gasteiger partial charge in [-0.3, -0.25) is 48.0 Å². The molecule has 1 aromatic heterocycles. The zero-order valence-corrected chi connectivity index (χ0v) is 53.1. The number of Topliss-reactive ketones (excluding diaryl/α,β-unsaturated/α-hetero) is 4. The number of ketones is 4. The van der Waals surface area contributed by atoms with Crippen LogP contribution in [0.3, 0.4) is 0 Å². The standard InChI is InChI=1S/C55H85N6O11PS3.Y/c1-10-36(6)43(28-50(67)46-16-11-12-23-60(46)9)55(70)61(33-71-52(68)25-34(2)3)47(35(4)5)29-51(72-38(8)62)54-59-45(32-74-54)53(69)58-40(27-39-19-21-41(63)22-20-39)26-37(7)48(65)18-14-24-75-76-31-44(56)49(66)17-13-15-42(64)30-57-73;/h19-22,32,34-37,40,43-44,46-47,51,63,73H,10-18,23-31,33,56H2,1-9H3,(H,58,69);/t36?,37-,40+,43-,44+,46+,47+,51+;/m0./s1. The number of carbonyl (C=O) groups is 8. The number of nitrogens with zero attached hydrogens (tertiary/aromatic N) is 4. The van der Waals surface area contributed by atoms with E-state index in [9.17, 15) is 38.7 Å². The fourth-order valence-electron chi connectivity index (χ4n) is 9.20. The van der Waals surface area contributed by atoms with Crippen LogP contribution in [0.15, 0.2) is 34.4 Å². The van der Waals surface area contributed by atoms with Crippen molar-refractivity contribution >= 4 is 88.8 Å². The zero-order valence-electron chi connectivity index (χ0n) is 46.8. The van der Waals surface area contributed by atoms with E-state index < -0.39 is 53.9 Å². The van der Waals surface area contributed by atoms with Crippen molar-refractivity contribution in [2.75, 3.05) is 38.4 Å². The van der Waals surface area contributed by atoms with Crippen LogP contribution in [0, 0.1) is 29.6 Å². The van der Waals surface area contributed by atoms with Crippen LogP contribution in [-0.2, 0) is 82.2 Å². The van der Waals surface area contributed by atoms with Gasteiger partial charge < -0.3 is 30.5 Å². The number of amides is 2. The Morgan fingerprint density at radius 2 is 1.65 bits per heavy atom. The molecule has 1 aromatic carbocycles. The van der Waals surface area contributed by atoms with Crippen molar-refractivity contribution in [1.82, 2.24) is 20.1 Å². The predicted octanol–water partition coefficient (Wildman–Crippen LogP) is 9.41. The molecule has 3 rings (SSSR count). The Labute approximate surface area is 496 Å². The van der Waals surface area contributed by atoms with Crippen LogP contribution in [-0.4, -0.2) is 129 Å². The molecule has 0 aliphatic carbocycles. The summed E-state index contributed by atoms with van der Waals surface area (Å²) in [6.45, 7) is 15.2. The van der Waals surface area contributed by atoms with Crippen molar-refractivity contribution in [2.24, 2.45) is 40.1 Å². The summed E-state index contributed by atoms with van der Waals surface area (Å²) in [6.07, 6.45) is 5.06. The average Bonchev–Trinajstić information content (AvgIpc) is 3.87. The molecule has 0 saturated carbocycles. The predicted molar refractivity (Wildman–Crippen MR) is 303 cm³/mol. The summed E-state index contributed by atoms with van der Waals surface area (Å²) in [7, 11) is 7.88. The number of phenolic OH excluding ortho intramolecular Hbond substituents is 1. The van der Waals surface area contributed by atoms with Crippen molar-refractivity contribution in [3.8, 4) is 5.75 Å². The van der Waals surface area contributed by atoms with E-state index in [1.165, 1.54) is 33.4 Å². The molecule has 77 heavy (non-hydrogen) atoms. The number of aromatic nitrogens is 1. The fraction of sp³-hybridized carbons (Fsp3) is 0.691. The van der Waals surface area contributed by atoms with Gasteiger partial charge in [0.2, 0.25) is 5.91 Å². The summed E-state index contributed by atoms with van der Waals surface area (Å²) in [5.74, 6) is -2.37. The monoisotopic (exact) mass is 1220 g/mol. The maximum Gasteiger partial charge on any atom is 0.307 e. The van der Waals surface area contributed by atoms with Crippen molar-refractivity contribution in [1.29, 1.82) is 0 Å². The first kappa shape index (κ1) is 70.1. The normalized spacial score (nSPS) is 16.4. The number of thiazole rings is 1. The third-order valence-electron chi connectivity index (χ3n) is 13.9. The van der Waals surface area contributed by atoms with Crippen LogP contribution in [0.25, 0.3) is 0 Å². The molecule has 2 aromatic rings. The molecule has 2 amide bonds. The third kappa shape index (κ3) is 25.6. The first-order valence-electron chi connectivity index (χ1n) is 26.9. The Kier molecular flexibility index (Phi) is 33.8. The maximum absolute atomic E-state index is 15.0. The molecule has 2 heterocycles. The second-order valence-corrected chi connectivity index (χ2v) is 24.9. The number of esters is 2. The Morgan fingerprint density at radius 3 is 2.27 bits per heavy atom. The molecule has 1 unspecified atom stereocenters. The van der Waals surface area contributed by atoms with Gasteiger partial charge in [0.15, 0.2) is 24.4 Å². The van der Waals surface area contributed by atoms with Gasteiger partial charge in [-0.1, -0.05) is 95.0 Å². The van der Waals surface area contributed by atoms with Crippen LogP contribution in [0.4, 0.5) is 0 Å². The SMILES string of the molecule is CCC(C)[C@H](CC(=O)[C@H]1CCCCN1C)C(=O)N(COC(=O)CC(C)C)[C@H](C[C@@H](OC(C)=O)c1nc(C(=O)N[C@@H](Cc2ccc(O)cc2)C[C@H](C)C(=O)CCCSSC[C@@H](N)C(=O)CCCC(=O)CN=P)cs1)C(C)C.[Y]. The molecular weight excluding hydrogens is 1140 g/mol. The van der Waals surface area contributed by atoms with Crippen molar-refractivity contribution < 1.29 is 85.6 Å². The number of carbonyl (C=O) groups excluding carboxylic acids is 8. The van der Waals surface area contributed by atoms with Crippen LogP contribution >= 0.6 is 42.0 Å². The number of nitrogens with one attached hydrogen (secondary N) is 1. The van der Waals surface area contributed by atoms with Gasteiger partial charge in [0.1, 0.15) is 34.6 Å². The van der Waals surface area contributed by atoms with Gasteiger partial charge in [-0.05, 0) is 96.6 Å². The summed E-state index contributed by atoms with van der Waals surface area (Å²) < 4.78 is 15.4. The number of hydrogen-bond acceptors (Lipinski definition) is 18. The van der Waals surface area contributed by atoms with Gasteiger partial charge in [0.05, 0.1) is 12.1 Å². The number of rotatable bonds is 37. The molecule has 0 bridgehead atoms. The molecule has 1 aliphatic heterocycles. The number of hydrogen-bond donors (Lipinski definition) is 3. The molecule has 427 valence electrons. The van der Waals surface area contributed by atoms with Crippen LogP contribution in [0.5, 0.6) is 5.75 Å². The number of phenols is 1. The second kappa shape index (κ2) is 37.1. The van der Waals surface area contributed by atoms with Gasteiger partial charge >= 0.3 is 11.9 Å². The van der Waals surface area contributed by atoms with E-state index in [0.29, 0.717) is 55.0 Å². The molecule has 17 nitrogen and oxygen atoms in total. The summed E-state index contributed by atoms with van der Waals surface area (Å²) in [5.41, 5.74) is 6.98. The first-order valence-corrected chi connectivity index (χ1v) is 30.7. The van der Waals surface area contributed by atoms with E-state index >= 15 is 4.79 Å². The summed E-state index contributed by atoms with van der Waals surface area (Å²) in [6, 6.07) is 4.53. The molecule has 1 fully saturated rings. The zero-order chi connectivity index (χ0) is 56.5. The summed E-state index contributed by atoms with van der Waals surface area (Å²) in [4.78, 5) is 115. The minimum atomic E-state index is -1.01. The Hall–Kier alpha value is -2.97. The largest absolute Gasteiger partial charge is 0.508 e. The number of ether oxygens (including phenoxy) is 2. The van der Waals surface area contributed by atoms with Crippen molar-refractivity contribution in [3.05, 3.63) is 45.9 Å². The Bertz CT molecular complexity index is 2220. The Morgan fingerprint density at radius 1 is 0.961 bits per heavy atom. The minimum Gasteiger partial charge on any atom is -0.508 e. The molecule has 22 heteroatoms. The molecule has 1 aliphatic rings. The number of likely N-dealkylation sites (N-methyl/N-ethyl adjacent to an activating group) is 1. The summed E-state index contributed by atoms with van der Waals surface area (Å²) in [5, 5.41) is 15.0. The summed E-state index contributed by atoms with van der Waals surface area (Å²) >= 11 is 1.13. The number of likely N-dealkylation sites (tertiary alicyclic amines) is 1. The van der Waals surface area contributed by atoms with E-state index in [1.54, 1.807) is 29.6 Å². The molecular formula is C55H85N6O11PS3Y. The van der Waals surface area contributed by atoms with E-state index in [4.69, 9.17) is 20.2 Å². The van der Waals surface area contributed by atoms with Crippen LogP contribution in [0.1, 0.15) is 166 Å². The molecule has 4 N–H and O–H groups in total. The quantitative estimate of drug-likeness (QED) is 0.0187. The van der Waals surface area contributed by atoms with E-state index in [0.717, 1.165) is 42.7 Å². The number of benzene rings is 1. The van der Waals surface area contributed by atoms with Crippen molar-refractivity contribution in [3.63, 3.8) is 0 Å². The van der Waals surface area contributed by atoms with E-state index in [-0.39, 0.29) is 142 Å². The van der Waals surface area contributed by atoms with Crippen molar-refractivity contribution in [2.45, 2.75) is 176 Å². The maximum atomic E-state index is 15.0. The van der Waals surface area contributed by atoms with E-state index in [1.807, 2.05) is 55.5 Å². The second-order valence-electron chi connectivity index (χ2n) is 21.1. The third-order valence-corrected chi connectivity index (χ3v) is 17.5. The molecule has 1 radical (unpaired) electrons. The Balaban J connectivity index is 0.0000203. The number of nitrogens with two attached hydrogens (primary N) is 1. The molecule has 0 spiro atoms. The van der Waals surface area contributed by atoms with Gasteiger partial charge in [0.25, 0.3) is 5.91 Å². The van der Waals surface area contributed by atoms with Crippen LogP contribution in [0.2, 0.25) is 0 Å². The average molecular weight is 1220 g/mol. The topological polar surface area (TPSA) is 245 Å². The first-order chi connectivity index (χ1) is 36.0. The molecule has 8 atom stereocenters. The van der Waals surface area contributed by atoms with Gasteiger partial charge in [-0.25, -0.2) is 4.98 Å². The van der Waals surface area contributed by atoms with E-state index in [2.05, 4.69) is 24.0 Å². The number of piperidine rings is 1. The van der Waals surface area contributed by atoms with Gasteiger partial charge in [-0.2, -0.15) is 0 Å². The van der Waals surface area contributed by atoms with Gasteiger partial charge in [0, 0.05) is 119 Å². The number of aromatic hydroxyl groups is 1. The van der Waals surface area contributed by atoms with Gasteiger partial charge in [-0.15, -0.1) is 11.3 Å². The molecule has 1 saturated heterocycles. The smallest absolute Gasteiger partial charge is 0.307 e.